The van der Waals surface area contributed by atoms with E-state index in [4.69, 9.17) is 5.11 Å². The van der Waals surface area contributed by atoms with Crippen LogP contribution in [0.4, 0.5) is 0 Å². The first-order valence-corrected chi connectivity index (χ1v) is 5.71. The van der Waals surface area contributed by atoms with Crippen molar-refractivity contribution in [2.24, 2.45) is 0 Å². The highest BCUT2D eigenvalue weighted by atomic mass is 16.4. The minimum atomic E-state index is -0.866. The molecule has 1 heterocycles. The Morgan fingerprint density at radius 3 is 2.21 bits per heavy atom. The van der Waals surface area contributed by atoms with Gasteiger partial charge in [-0.05, 0) is 23.6 Å². The van der Waals surface area contributed by atoms with Crippen LogP contribution < -0.4 is 11.4 Å². The number of rotatable bonds is 4. The smallest absolute Gasteiger partial charge is 0.348 e. The van der Waals surface area contributed by atoms with Gasteiger partial charge < -0.3 is 5.11 Å². The molecular formula is C12H13N3O4. The largest absolute Gasteiger partial charge is 0.481 e. The molecule has 0 saturated heterocycles. The fourth-order valence-corrected chi connectivity index (χ4v) is 1.88. The lowest BCUT2D eigenvalue weighted by molar-refractivity contribution is -0.137. The third-order valence-electron chi connectivity index (χ3n) is 2.88. The molecule has 0 aliphatic carbocycles. The molecular weight excluding hydrogens is 250 g/mol. The van der Waals surface area contributed by atoms with E-state index in [1.165, 1.54) is 0 Å². The first-order chi connectivity index (χ1) is 8.99. The molecule has 1 unspecified atom stereocenters. The SMILES string of the molecule is CC(CC(=O)O)c1ccc(-n2c(=O)[nH][nH]c2=O)cc1. The number of H-pyrrole nitrogens is 2. The molecule has 0 fully saturated rings. The van der Waals surface area contributed by atoms with Gasteiger partial charge in [-0.15, -0.1) is 0 Å². The van der Waals surface area contributed by atoms with Crippen molar-refractivity contribution in [3.8, 4) is 5.69 Å². The van der Waals surface area contributed by atoms with Gasteiger partial charge >= 0.3 is 17.3 Å². The zero-order valence-electron chi connectivity index (χ0n) is 10.2. The van der Waals surface area contributed by atoms with Gasteiger partial charge in [0.25, 0.3) is 0 Å². The number of hydrogen-bond acceptors (Lipinski definition) is 3. The molecule has 0 bridgehead atoms. The molecule has 3 N–H and O–H groups in total. The fourth-order valence-electron chi connectivity index (χ4n) is 1.88. The summed E-state index contributed by atoms with van der Waals surface area (Å²) in [5.74, 6) is -0.998. The maximum atomic E-state index is 11.4. The number of hydrogen-bond donors (Lipinski definition) is 3. The van der Waals surface area contributed by atoms with Gasteiger partial charge in [-0.2, -0.15) is 0 Å². The number of aliphatic carboxylic acids is 1. The van der Waals surface area contributed by atoms with E-state index in [2.05, 4.69) is 10.2 Å². The van der Waals surface area contributed by atoms with Crippen LogP contribution in [-0.2, 0) is 4.79 Å². The maximum Gasteiger partial charge on any atom is 0.348 e. The summed E-state index contributed by atoms with van der Waals surface area (Å²) in [6.45, 7) is 1.80. The Hall–Kier alpha value is -2.57. The Labute approximate surface area is 107 Å². The van der Waals surface area contributed by atoms with Gasteiger partial charge in [-0.3, -0.25) is 4.79 Å². The molecule has 2 rings (SSSR count). The Morgan fingerprint density at radius 1 is 1.21 bits per heavy atom. The zero-order valence-corrected chi connectivity index (χ0v) is 10.2. The lowest BCUT2D eigenvalue weighted by Crippen LogP contribution is -2.24. The van der Waals surface area contributed by atoms with Crippen LogP contribution in [0.15, 0.2) is 33.9 Å². The van der Waals surface area contributed by atoms with Crippen LogP contribution in [0.3, 0.4) is 0 Å². The van der Waals surface area contributed by atoms with E-state index in [0.717, 1.165) is 10.1 Å². The highest BCUT2D eigenvalue weighted by molar-refractivity contribution is 5.68. The molecule has 19 heavy (non-hydrogen) atoms. The lowest BCUT2D eigenvalue weighted by atomic mass is 9.98. The standard InChI is InChI=1S/C12H13N3O4/c1-7(6-10(16)17)8-2-4-9(5-3-8)15-11(18)13-14-12(15)19/h2-5,7H,6H2,1H3,(H,13,18)(H,14,19)(H,16,17). The molecule has 7 nitrogen and oxygen atoms in total. The summed E-state index contributed by atoms with van der Waals surface area (Å²) in [6.07, 6.45) is 0.0318. The van der Waals surface area contributed by atoms with Gasteiger partial charge in [0.2, 0.25) is 0 Å². The minimum absolute atomic E-state index is 0.0318. The lowest BCUT2D eigenvalue weighted by Gasteiger charge is -2.09. The summed E-state index contributed by atoms with van der Waals surface area (Å²) < 4.78 is 0.964. The van der Waals surface area contributed by atoms with E-state index in [1.54, 1.807) is 31.2 Å². The number of nitrogens with one attached hydrogen (secondary N) is 2. The van der Waals surface area contributed by atoms with E-state index >= 15 is 0 Å². The molecule has 7 heteroatoms. The quantitative estimate of drug-likeness (QED) is 0.743. The van der Waals surface area contributed by atoms with Crippen molar-refractivity contribution in [1.29, 1.82) is 0 Å². The Bertz CT molecular complexity index is 665. The molecule has 1 atom stereocenters. The van der Waals surface area contributed by atoms with E-state index in [0.29, 0.717) is 5.69 Å². The summed E-state index contributed by atoms with van der Waals surface area (Å²) in [6, 6.07) is 6.64. The fraction of sp³-hybridized carbons (Fsp3) is 0.250. The van der Waals surface area contributed by atoms with Gasteiger partial charge in [0, 0.05) is 0 Å². The molecule has 0 amide bonds. The van der Waals surface area contributed by atoms with E-state index in [1.807, 2.05) is 0 Å². The molecule has 0 spiro atoms. The number of benzene rings is 1. The van der Waals surface area contributed by atoms with E-state index < -0.39 is 17.3 Å². The first-order valence-electron chi connectivity index (χ1n) is 5.71. The minimum Gasteiger partial charge on any atom is -0.481 e. The number of carboxylic acids is 1. The Morgan fingerprint density at radius 2 is 1.74 bits per heavy atom. The number of carbonyl (C=O) groups is 1. The molecule has 0 aliphatic rings. The second-order valence-electron chi connectivity index (χ2n) is 4.29. The van der Waals surface area contributed by atoms with Crippen LogP contribution in [0.25, 0.3) is 5.69 Å². The van der Waals surface area contributed by atoms with Crippen LogP contribution in [0.2, 0.25) is 0 Å². The second kappa shape index (κ2) is 4.97. The molecule has 0 saturated carbocycles. The van der Waals surface area contributed by atoms with Crippen LogP contribution in [0.5, 0.6) is 0 Å². The van der Waals surface area contributed by atoms with Crippen LogP contribution in [0.1, 0.15) is 24.8 Å². The molecule has 2 aromatic rings. The Balaban J connectivity index is 2.31. The normalized spacial score (nSPS) is 12.3. The van der Waals surface area contributed by atoms with Crippen molar-refractivity contribution in [1.82, 2.24) is 14.8 Å². The van der Waals surface area contributed by atoms with Crippen molar-refractivity contribution in [2.75, 3.05) is 0 Å². The molecule has 100 valence electrons. The van der Waals surface area contributed by atoms with E-state index in [-0.39, 0.29) is 12.3 Å². The number of aromatic nitrogens is 3. The van der Waals surface area contributed by atoms with Gasteiger partial charge in [0.05, 0.1) is 12.1 Å². The number of carboxylic acid groups (broad SMARTS) is 1. The maximum absolute atomic E-state index is 11.4. The average Bonchev–Trinajstić information content (AvgIpc) is 2.68. The van der Waals surface area contributed by atoms with Gasteiger partial charge in [-0.25, -0.2) is 24.4 Å². The molecule has 1 aromatic carbocycles. The van der Waals surface area contributed by atoms with Crippen molar-refractivity contribution in [3.05, 3.63) is 50.8 Å². The summed E-state index contributed by atoms with van der Waals surface area (Å²) in [5, 5.41) is 13.1. The van der Waals surface area contributed by atoms with Crippen molar-refractivity contribution in [2.45, 2.75) is 19.3 Å². The molecule has 0 aliphatic heterocycles. The first kappa shape index (κ1) is 12.9. The second-order valence-corrected chi connectivity index (χ2v) is 4.29. The summed E-state index contributed by atoms with van der Waals surface area (Å²) in [5.41, 5.74) is 0.178. The van der Waals surface area contributed by atoms with Gasteiger partial charge in [0.15, 0.2) is 0 Å². The Kier molecular flexibility index (Phi) is 3.37. The summed E-state index contributed by atoms with van der Waals surface area (Å²) in [7, 11) is 0. The van der Waals surface area contributed by atoms with Crippen molar-refractivity contribution < 1.29 is 9.90 Å². The highest BCUT2D eigenvalue weighted by Gasteiger charge is 2.11. The monoisotopic (exact) mass is 263 g/mol. The van der Waals surface area contributed by atoms with E-state index in [9.17, 15) is 14.4 Å². The highest BCUT2D eigenvalue weighted by Crippen LogP contribution is 2.19. The van der Waals surface area contributed by atoms with Crippen molar-refractivity contribution >= 4 is 5.97 Å². The number of nitrogens with zero attached hydrogens (tertiary/aromatic N) is 1. The molecule has 0 radical (unpaired) electrons. The van der Waals surface area contributed by atoms with Crippen LogP contribution in [-0.4, -0.2) is 25.8 Å². The predicted octanol–water partition coefficient (Wildman–Crippen LogP) is 0.432. The zero-order chi connectivity index (χ0) is 14.0. The van der Waals surface area contributed by atoms with Gasteiger partial charge in [-0.1, -0.05) is 19.1 Å². The van der Waals surface area contributed by atoms with Crippen LogP contribution in [0, 0.1) is 0 Å². The third kappa shape index (κ3) is 2.65. The van der Waals surface area contributed by atoms with Crippen molar-refractivity contribution in [3.63, 3.8) is 0 Å². The topological polar surface area (TPSA) is 108 Å². The van der Waals surface area contributed by atoms with Crippen LogP contribution >= 0.6 is 0 Å². The summed E-state index contributed by atoms with van der Waals surface area (Å²) in [4.78, 5) is 33.4. The predicted molar refractivity (Wildman–Crippen MR) is 67.7 cm³/mol. The third-order valence-corrected chi connectivity index (χ3v) is 2.88. The summed E-state index contributed by atoms with van der Waals surface area (Å²) >= 11 is 0. The molecule has 1 aromatic heterocycles. The average molecular weight is 263 g/mol. The number of aromatic amines is 2. The van der Waals surface area contributed by atoms with Gasteiger partial charge in [0.1, 0.15) is 0 Å².